The highest BCUT2D eigenvalue weighted by atomic mass is 16.6. The molecule has 5 heteroatoms. The molecule has 2 aromatic rings. The van der Waals surface area contributed by atoms with E-state index in [4.69, 9.17) is 14.2 Å². The minimum atomic E-state index is -0.372. The Balaban J connectivity index is 2.31. The molecule has 2 rings (SSSR count). The Labute approximate surface area is 173 Å². The van der Waals surface area contributed by atoms with E-state index in [2.05, 4.69) is 13.8 Å². The molecule has 0 unspecified atom stereocenters. The molecule has 2 aromatic carbocycles. The molecule has 0 amide bonds. The molecule has 5 nitrogen and oxygen atoms in total. The standard InChI is InChI=1S/C24H32O5/c1-6-7-18-8-11-22(23(12-18)27-5)29-17(4)24(28-15-16(2)3)19-9-10-21(26)20(13-19)14-25/h6-13,16-17,24-26H,14-15H2,1-5H3/b7-6+/t17-,24+/m1/s1. The fourth-order valence-corrected chi connectivity index (χ4v) is 3.05. The van der Waals surface area contributed by atoms with Crippen molar-refractivity contribution >= 4 is 6.08 Å². The lowest BCUT2D eigenvalue weighted by Crippen LogP contribution is -2.26. The SMILES string of the molecule is C/C=C/c1ccc(O[C@H](C)[C@H](OCC(C)C)c2ccc(O)c(CO)c2)c(OC)c1. The molecule has 0 aliphatic rings. The second-order valence-corrected chi connectivity index (χ2v) is 7.43. The van der Waals surface area contributed by atoms with Gasteiger partial charge in [-0.25, -0.2) is 0 Å². The number of methoxy groups -OCH3 is 1. The van der Waals surface area contributed by atoms with Crippen LogP contribution in [0.2, 0.25) is 0 Å². The third-order valence-corrected chi connectivity index (χ3v) is 4.50. The summed E-state index contributed by atoms with van der Waals surface area (Å²) in [6, 6.07) is 10.9. The number of ether oxygens (including phenoxy) is 3. The number of hydrogen-bond donors (Lipinski definition) is 2. The molecule has 0 saturated heterocycles. The van der Waals surface area contributed by atoms with Crippen LogP contribution < -0.4 is 9.47 Å². The predicted octanol–water partition coefficient (Wildman–Crippen LogP) is 5.11. The van der Waals surface area contributed by atoms with E-state index < -0.39 is 0 Å². The molecule has 29 heavy (non-hydrogen) atoms. The van der Waals surface area contributed by atoms with Gasteiger partial charge in [-0.3, -0.25) is 0 Å². The quantitative estimate of drug-likeness (QED) is 0.580. The number of hydrogen-bond acceptors (Lipinski definition) is 5. The van der Waals surface area contributed by atoms with Gasteiger partial charge in [0.2, 0.25) is 0 Å². The van der Waals surface area contributed by atoms with E-state index in [0.29, 0.717) is 29.6 Å². The Hall–Kier alpha value is -2.50. The van der Waals surface area contributed by atoms with Crippen LogP contribution in [0.5, 0.6) is 17.2 Å². The average Bonchev–Trinajstić information content (AvgIpc) is 2.70. The number of phenols is 1. The number of rotatable bonds is 10. The minimum absolute atomic E-state index is 0.0636. The van der Waals surface area contributed by atoms with Crippen LogP contribution in [0.1, 0.15) is 50.5 Å². The summed E-state index contributed by atoms with van der Waals surface area (Å²) in [6.45, 7) is 8.39. The first-order chi connectivity index (χ1) is 13.9. The first-order valence-corrected chi connectivity index (χ1v) is 9.91. The number of aromatic hydroxyl groups is 1. The molecule has 0 saturated carbocycles. The Bertz CT molecular complexity index is 813. The molecule has 0 spiro atoms. The van der Waals surface area contributed by atoms with Crippen molar-refractivity contribution < 1.29 is 24.4 Å². The first-order valence-electron chi connectivity index (χ1n) is 9.91. The van der Waals surface area contributed by atoms with Gasteiger partial charge in [-0.1, -0.05) is 38.1 Å². The highest BCUT2D eigenvalue weighted by Gasteiger charge is 2.24. The Morgan fingerprint density at radius 2 is 1.79 bits per heavy atom. The lowest BCUT2D eigenvalue weighted by Gasteiger charge is -2.27. The van der Waals surface area contributed by atoms with Crippen LogP contribution in [-0.2, 0) is 11.3 Å². The number of allylic oxidation sites excluding steroid dienone is 1. The van der Waals surface area contributed by atoms with E-state index >= 15 is 0 Å². The van der Waals surface area contributed by atoms with Crippen molar-refractivity contribution in [2.75, 3.05) is 13.7 Å². The van der Waals surface area contributed by atoms with E-state index in [0.717, 1.165) is 11.1 Å². The zero-order valence-corrected chi connectivity index (χ0v) is 17.9. The molecule has 0 radical (unpaired) electrons. The zero-order chi connectivity index (χ0) is 21.4. The normalized spacial score (nSPS) is 13.6. The van der Waals surface area contributed by atoms with Crippen molar-refractivity contribution in [2.45, 2.75) is 46.5 Å². The van der Waals surface area contributed by atoms with Crippen LogP contribution in [0.4, 0.5) is 0 Å². The Morgan fingerprint density at radius 1 is 1.03 bits per heavy atom. The molecule has 2 N–H and O–H groups in total. The summed E-state index contributed by atoms with van der Waals surface area (Å²) in [6.07, 6.45) is 3.27. The third-order valence-electron chi connectivity index (χ3n) is 4.50. The van der Waals surface area contributed by atoms with Crippen LogP contribution in [0.15, 0.2) is 42.5 Å². The van der Waals surface area contributed by atoms with Crippen molar-refractivity contribution in [3.63, 3.8) is 0 Å². The third kappa shape index (κ3) is 6.24. The van der Waals surface area contributed by atoms with Crippen molar-refractivity contribution in [2.24, 2.45) is 5.92 Å². The predicted molar refractivity (Wildman–Crippen MR) is 115 cm³/mol. The highest BCUT2D eigenvalue weighted by molar-refractivity contribution is 5.55. The second kappa shape index (κ2) is 10.9. The number of benzene rings is 2. The van der Waals surface area contributed by atoms with E-state index in [9.17, 15) is 10.2 Å². The summed E-state index contributed by atoms with van der Waals surface area (Å²) in [5.74, 6) is 1.70. The minimum Gasteiger partial charge on any atom is -0.508 e. The maximum Gasteiger partial charge on any atom is 0.161 e. The topological polar surface area (TPSA) is 68.2 Å². The fraction of sp³-hybridized carbons (Fsp3) is 0.417. The molecule has 0 bridgehead atoms. The van der Waals surface area contributed by atoms with Gasteiger partial charge in [-0.15, -0.1) is 0 Å². The molecular weight excluding hydrogens is 368 g/mol. The molecule has 0 fully saturated rings. The van der Waals surface area contributed by atoms with Gasteiger partial charge >= 0.3 is 0 Å². The molecule has 0 aliphatic heterocycles. The van der Waals surface area contributed by atoms with E-state index in [1.165, 1.54) is 0 Å². The summed E-state index contributed by atoms with van der Waals surface area (Å²) < 4.78 is 17.9. The van der Waals surface area contributed by atoms with Gasteiger partial charge in [0, 0.05) is 12.2 Å². The number of aliphatic hydroxyl groups is 1. The molecule has 158 valence electrons. The van der Waals surface area contributed by atoms with E-state index in [1.54, 1.807) is 25.3 Å². The van der Waals surface area contributed by atoms with Gasteiger partial charge in [0.15, 0.2) is 11.5 Å². The van der Waals surface area contributed by atoms with Crippen LogP contribution in [0.3, 0.4) is 0 Å². The molecule has 0 aliphatic carbocycles. The van der Waals surface area contributed by atoms with Crippen LogP contribution in [-0.4, -0.2) is 30.0 Å². The maximum absolute atomic E-state index is 9.89. The molecule has 2 atom stereocenters. The van der Waals surface area contributed by atoms with E-state index in [1.807, 2.05) is 44.2 Å². The van der Waals surface area contributed by atoms with Crippen molar-refractivity contribution in [1.29, 1.82) is 0 Å². The van der Waals surface area contributed by atoms with Crippen molar-refractivity contribution in [1.82, 2.24) is 0 Å². The lowest BCUT2D eigenvalue weighted by atomic mass is 10.0. The van der Waals surface area contributed by atoms with Gasteiger partial charge in [0.05, 0.1) is 13.7 Å². The van der Waals surface area contributed by atoms with Gasteiger partial charge in [-0.05, 0) is 55.2 Å². The Kier molecular flexibility index (Phi) is 8.55. The molecular formula is C24H32O5. The monoisotopic (exact) mass is 400 g/mol. The second-order valence-electron chi connectivity index (χ2n) is 7.43. The molecule has 0 heterocycles. The van der Waals surface area contributed by atoms with Gasteiger partial charge in [0.1, 0.15) is 18.0 Å². The largest absolute Gasteiger partial charge is 0.508 e. The Morgan fingerprint density at radius 3 is 2.41 bits per heavy atom. The summed E-state index contributed by atoms with van der Waals surface area (Å²) in [4.78, 5) is 0. The molecule has 0 aromatic heterocycles. The van der Waals surface area contributed by atoms with Crippen molar-refractivity contribution in [3.05, 3.63) is 59.2 Å². The smallest absolute Gasteiger partial charge is 0.161 e. The van der Waals surface area contributed by atoms with Crippen molar-refractivity contribution in [3.8, 4) is 17.2 Å². The van der Waals surface area contributed by atoms with Crippen LogP contribution in [0, 0.1) is 5.92 Å². The lowest BCUT2D eigenvalue weighted by molar-refractivity contribution is -0.0315. The first kappa shape index (κ1) is 22.8. The maximum atomic E-state index is 9.89. The van der Waals surface area contributed by atoms with Crippen LogP contribution in [0.25, 0.3) is 6.08 Å². The summed E-state index contributed by atoms with van der Waals surface area (Å²) in [5, 5.41) is 19.4. The zero-order valence-electron chi connectivity index (χ0n) is 17.9. The van der Waals surface area contributed by atoms with Gasteiger partial charge in [0.25, 0.3) is 0 Å². The van der Waals surface area contributed by atoms with Crippen LogP contribution >= 0.6 is 0 Å². The summed E-state index contributed by atoms with van der Waals surface area (Å²) >= 11 is 0. The van der Waals surface area contributed by atoms with Gasteiger partial charge < -0.3 is 24.4 Å². The average molecular weight is 401 g/mol. The van der Waals surface area contributed by atoms with E-state index in [-0.39, 0.29) is 24.6 Å². The number of aliphatic hydroxyl groups excluding tert-OH is 1. The van der Waals surface area contributed by atoms with Gasteiger partial charge in [-0.2, -0.15) is 0 Å². The summed E-state index contributed by atoms with van der Waals surface area (Å²) in [7, 11) is 1.62. The highest BCUT2D eigenvalue weighted by Crippen LogP contribution is 2.34. The fourth-order valence-electron chi connectivity index (χ4n) is 3.05. The summed E-state index contributed by atoms with van der Waals surface area (Å²) in [5.41, 5.74) is 2.33.